The third kappa shape index (κ3) is 3.11. The minimum atomic E-state index is -2.88. The monoisotopic (exact) mass is 324 g/mol. The van der Waals surface area contributed by atoms with Crippen LogP contribution in [0.5, 0.6) is 0 Å². The standard InChI is InChI=1S/C15H20N2O2S2/c1-3-7-17(12-6-4-5-11(2)8-12)15-16-13-9-21(18,19)10-14(13)20-15/h4-6,8,13-14H,3,7,9-10H2,1-2H3/t13-,14-/m0/s1. The normalized spacial score (nSPS) is 26.5. The van der Waals surface area contributed by atoms with Gasteiger partial charge in [0.1, 0.15) is 0 Å². The maximum absolute atomic E-state index is 11.7. The van der Waals surface area contributed by atoms with Crippen molar-refractivity contribution in [3.63, 3.8) is 0 Å². The maximum Gasteiger partial charge on any atom is 0.164 e. The Labute approximate surface area is 130 Å². The van der Waals surface area contributed by atoms with Gasteiger partial charge in [-0.1, -0.05) is 30.8 Å². The highest BCUT2D eigenvalue weighted by Crippen LogP contribution is 2.36. The lowest BCUT2D eigenvalue weighted by Crippen LogP contribution is -2.29. The second-order valence-electron chi connectivity index (χ2n) is 5.70. The molecule has 1 aromatic carbocycles. The van der Waals surface area contributed by atoms with E-state index in [0.717, 1.165) is 23.8 Å². The summed E-state index contributed by atoms with van der Waals surface area (Å²) in [5, 5.41) is 1.08. The molecule has 0 spiro atoms. The number of hydrogen-bond donors (Lipinski definition) is 0. The van der Waals surface area contributed by atoms with Crippen molar-refractivity contribution in [1.82, 2.24) is 0 Å². The molecule has 0 aliphatic carbocycles. The van der Waals surface area contributed by atoms with Crippen molar-refractivity contribution >= 4 is 32.5 Å². The Bertz CT molecular complexity index is 670. The van der Waals surface area contributed by atoms with Crippen molar-refractivity contribution in [3.8, 4) is 0 Å². The number of thioether (sulfide) groups is 1. The van der Waals surface area contributed by atoms with Crippen LogP contribution in [-0.4, -0.2) is 42.9 Å². The van der Waals surface area contributed by atoms with Gasteiger partial charge in [0.25, 0.3) is 0 Å². The fraction of sp³-hybridized carbons (Fsp3) is 0.533. The van der Waals surface area contributed by atoms with Crippen LogP contribution in [0.4, 0.5) is 5.69 Å². The summed E-state index contributed by atoms with van der Waals surface area (Å²) in [6.45, 7) is 5.13. The van der Waals surface area contributed by atoms with Crippen LogP contribution in [0.1, 0.15) is 18.9 Å². The van der Waals surface area contributed by atoms with Crippen molar-refractivity contribution in [3.05, 3.63) is 29.8 Å². The van der Waals surface area contributed by atoms with Crippen molar-refractivity contribution in [1.29, 1.82) is 0 Å². The fourth-order valence-corrected chi connectivity index (χ4v) is 6.63. The quantitative estimate of drug-likeness (QED) is 0.857. The molecule has 0 N–H and O–H groups in total. The van der Waals surface area contributed by atoms with Gasteiger partial charge >= 0.3 is 0 Å². The molecule has 1 fully saturated rings. The predicted octanol–water partition coefficient (Wildman–Crippen LogP) is 2.48. The van der Waals surface area contributed by atoms with Crippen molar-refractivity contribution < 1.29 is 8.42 Å². The molecule has 0 saturated carbocycles. The zero-order chi connectivity index (χ0) is 15.0. The molecule has 21 heavy (non-hydrogen) atoms. The second-order valence-corrected chi connectivity index (χ2v) is 9.06. The number of amidine groups is 1. The third-order valence-corrected chi connectivity index (χ3v) is 7.04. The average Bonchev–Trinajstić information content (AvgIpc) is 2.89. The lowest BCUT2D eigenvalue weighted by Gasteiger charge is -2.24. The molecule has 0 radical (unpaired) electrons. The smallest absolute Gasteiger partial charge is 0.164 e. The van der Waals surface area contributed by atoms with Crippen LogP contribution in [-0.2, 0) is 9.84 Å². The number of hydrogen-bond acceptors (Lipinski definition) is 5. The van der Waals surface area contributed by atoms with E-state index in [4.69, 9.17) is 4.99 Å². The first-order chi connectivity index (χ1) is 9.98. The zero-order valence-electron chi connectivity index (χ0n) is 12.3. The Hall–Kier alpha value is -1.01. The lowest BCUT2D eigenvalue weighted by atomic mass is 10.2. The number of benzene rings is 1. The van der Waals surface area contributed by atoms with E-state index < -0.39 is 9.84 Å². The van der Waals surface area contributed by atoms with Crippen molar-refractivity contribution in [2.24, 2.45) is 4.99 Å². The van der Waals surface area contributed by atoms with E-state index in [1.807, 2.05) is 0 Å². The molecule has 2 atom stereocenters. The summed E-state index contributed by atoms with van der Waals surface area (Å²) in [5.74, 6) is 0.477. The van der Waals surface area contributed by atoms with Gasteiger partial charge < -0.3 is 4.90 Å². The van der Waals surface area contributed by atoms with Crippen LogP contribution in [0, 0.1) is 6.92 Å². The molecule has 6 heteroatoms. The van der Waals surface area contributed by atoms with Crippen LogP contribution >= 0.6 is 11.8 Å². The highest BCUT2D eigenvalue weighted by atomic mass is 32.2. The van der Waals surface area contributed by atoms with E-state index in [0.29, 0.717) is 0 Å². The van der Waals surface area contributed by atoms with E-state index >= 15 is 0 Å². The largest absolute Gasteiger partial charge is 0.321 e. The molecular weight excluding hydrogens is 304 g/mol. The fourth-order valence-electron chi connectivity index (χ4n) is 2.83. The van der Waals surface area contributed by atoms with E-state index in [2.05, 4.69) is 43.0 Å². The van der Waals surface area contributed by atoms with E-state index in [-0.39, 0.29) is 22.8 Å². The van der Waals surface area contributed by atoms with Gasteiger partial charge in [-0.15, -0.1) is 0 Å². The SMILES string of the molecule is CCCN(C1=N[C@H]2CS(=O)(=O)C[C@@H]2S1)c1cccc(C)c1. The maximum atomic E-state index is 11.7. The molecule has 0 amide bonds. The minimum absolute atomic E-state index is 0.0563. The van der Waals surface area contributed by atoms with Crippen molar-refractivity contribution in [2.75, 3.05) is 23.0 Å². The van der Waals surface area contributed by atoms with Crippen molar-refractivity contribution in [2.45, 2.75) is 31.6 Å². The summed E-state index contributed by atoms with van der Waals surface area (Å²) in [6, 6.07) is 8.33. The molecule has 4 nitrogen and oxygen atoms in total. The summed E-state index contributed by atoms with van der Waals surface area (Å²) >= 11 is 1.63. The molecule has 1 saturated heterocycles. The minimum Gasteiger partial charge on any atom is -0.321 e. The summed E-state index contributed by atoms with van der Waals surface area (Å²) in [4.78, 5) is 6.92. The first-order valence-electron chi connectivity index (χ1n) is 7.27. The Kier molecular flexibility index (Phi) is 4.01. The molecule has 1 aromatic rings. The number of fused-ring (bicyclic) bond motifs is 1. The lowest BCUT2D eigenvalue weighted by molar-refractivity contribution is 0.601. The first-order valence-corrected chi connectivity index (χ1v) is 9.98. The van der Waals surface area contributed by atoms with E-state index in [9.17, 15) is 8.42 Å². The van der Waals surface area contributed by atoms with Gasteiger partial charge in [0.2, 0.25) is 0 Å². The number of rotatable bonds is 3. The summed E-state index contributed by atoms with van der Waals surface area (Å²) in [5.41, 5.74) is 2.37. The average molecular weight is 324 g/mol. The second kappa shape index (κ2) is 5.65. The van der Waals surface area contributed by atoms with E-state index in [1.54, 1.807) is 11.8 Å². The van der Waals surface area contributed by atoms with Crippen LogP contribution in [0.3, 0.4) is 0 Å². The van der Waals surface area contributed by atoms with Crippen LogP contribution in [0.25, 0.3) is 0 Å². The van der Waals surface area contributed by atoms with Gasteiger partial charge in [-0.05, 0) is 31.0 Å². The van der Waals surface area contributed by atoms with Crippen LogP contribution in [0.2, 0.25) is 0 Å². The van der Waals surface area contributed by atoms with Gasteiger partial charge in [-0.2, -0.15) is 0 Å². The predicted molar refractivity (Wildman–Crippen MR) is 90.1 cm³/mol. The number of sulfone groups is 1. The van der Waals surface area contributed by atoms with Gasteiger partial charge in [-0.3, -0.25) is 4.99 Å². The zero-order valence-corrected chi connectivity index (χ0v) is 14.0. The summed E-state index contributed by atoms with van der Waals surface area (Å²) < 4.78 is 23.3. The summed E-state index contributed by atoms with van der Waals surface area (Å²) in [6.07, 6.45) is 1.03. The molecule has 2 aliphatic rings. The molecule has 3 rings (SSSR count). The molecule has 2 aliphatic heterocycles. The number of anilines is 1. The molecule has 0 unspecified atom stereocenters. The Balaban J connectivity index is 1.86. The van der Waals surface area contributed by atoms with Gasteiger partial charge in [-0.25, -0.2) is 8.42 Å². The topological polar surface area (TPSA) is 49.7 Å². The van der Waals surface area contributed by atoms with Gasteiger partial charge in [0, 0.05) is 17.5 Å². The van der Waals surface area contributed by atoms with Gasteiger partial charge in [0.15, 0.2) is 15.0 Å². The molecule has 0 aromatic heterocycles. The molecular formula is C15H20N2O2S2. The number of nitrogens with zero attached hydrogens (tertiary/aromatic N) is 2. The number of aryl methyl sites for hydroxylation is 1. The number of aliphatic imine (C=N–C) groups is 1. The first kappa shape index (κ1) is 14.9. The molecule has 0 bridgehead atoms. The molecule has 2 heterocycles. The Morgan fingerprint density at radius 1 is 1.38 bits per heavy atom. The van der Waals surface area contributed by atoms with Crippen LogP contribution < -0.4 is 4.90 Å². The van der Waals surface area contributed by atoms with Crippen LogP contribution in [0.15, 0.2) is 29.3 Å². The highest BCUT2D eigenvalue weighted by molar-refractivity contribution is 8.15. The Morgan fingerprint density at radius 3 is 2.86 bits per heavy atom. The highest BCUT2D eigenvalue weighted by Gasteiger charge is 2.43. The third-order valence-electron chi connectivity index (χ3n) is 3.80. The van der Waals surface area contributed by atoms with Gasteiger partial charge in [0.05, 0.1) is 17.5 Å². The summed E-state index contributed by atoms with van der Waals surface area (Å²) in [7, 11) is -2.88. The molecule has 114 valence electrons. The van der Waals surface area contributed by atoms with E-state index in [1.165, 1.54) is 5.56 Å². The Morgan fingerprint density at radius 2 is 2.19 bits per heavy atom.